The van der Waals surface area contributed by atoms with E-state index in [1.807, 2.05) is 55.3 Å². The SMILES string of the molecule is CC(c1cc2ncc(Cl)n2nc1-c1ccccc1)N(C)c1ncnc(N)c1C#N. The summed E-state index contributed by atoms with van der Waals surface area (Å²) in [6.45, 7) is 2.00. The number of rotatable bonds is 4. The van der Waals surface area contributed by atoms with Crippen molar-refractivity contribution >= 4 is 28.9 Å². The molecule has 1 unspecified atom stereocenters. The van der Waals surface area contributed by atoms with Crippen LogP contribution in [0.3, 0.4) is 0 Å². The summed E-state index contributed by atoms with van der Waals surface area (Å²) in [5.74, 6) is 0.598. The van der Waals surface area contributed by atoms with Crippen LogP contribution < -0.4 is 10.6 Å². The molecule has 2 N–H and O–H groups in total. The van der Waals surface area contributed by atoms with Gasteiger partial charge in [0.1, 0.15) is 23.8 Å². The van der Waals surface area contributed by atoms with Crippen molar-refractivity contribution in [2.75, 3.05) is 17.7 Å². The fourth-order valence-electron chi connectivity index (χ4n) is 3.20. The number of benzene rings is 1. The van der Waals surface area contributed by atoms with Crippen molar-refractivity contribution in [1.29, 1.82) is 5.26 Å². The normalized spacial score (nSPS) is 11.9. The highest BCUT2D eigenvalue weighted by Crippen LogP contribution is 2.33. The van der Waals surface area contributed by atoms with Crippen molar-refractivity contribution < 1.29 is 0 Å². The lowest BCUT2D eigenvalue weighted by atomic mass is 10.0. The first-order valence-corrected chi connectivity index (χ1v) is 9.22. The zero-order chi connectivity index (χ0) is 20.5. The average Bonchev–Trinajstić information content (AvgIpc) is 3.12. The fourth-order valence-corrected chi connectivity index (χ4v) is 3.37. The van der Waals surface area contributed by atoms with Gasteiger partial charge < -0.3 is 10.6 Å². The number of hydrogen-bond acceptors (Lipinski definition) is 7. The Labute approximate surface area is 172 Å². The third kappa shape index (κ3) is 3.22. The van der Waals surface area contributed by atoms with Crippen molar-refractivity contribution in [2.45, 2.75) is 13.0 Å². The number of nitriles is 1. The summed E-state index contributed by atoms with van der Waals surface area (Å²) in [6, 6.07) is 13.7. The van der Waals surface area contributed by atoms with Crippen LogP contribution in [0.15, 0.2) is 48.9 Å². The second kappa shape index (κ2) is 7.37. The molecule has 9 heteroatoms. The van der Waals surface area contributed by atoms with Crippen LogP contribution in [0.4, 0.5) is 11.6 Å². The monoisotopic (exact) mass is 404 g/mol. The molecule has 0 saturated carbocycles. The van der Waals surface area contributed by atoms with E-state index in [0.717, 1.165) is 16.8 Å². The van der Waals surface area contributed by atoms with Crippen LogP contribution in [0.2, 0.25) is 5.15 Å². The van der Waals surface area contributed by atoms with Gasteiger partial charge in [-0.25, -0.2) is 19.5 Å². The van der Waals surface area contributed by atoms with E-state index in [-0.39, 0.29) is 17.4 Å². The summed E-state index contributed by atoms with van der Waals surface area (Å²) in [6.07, 6.45) is 2.92. The first kappa shape index (κ1) is 18.7. The Morgan fingerprint density at radius 1 is 1.21 bits per heavy atom. The van der Waals surface area contributed by atoms with Gasteiger partial charge in [-0.3, -0.25) is 0 Å². The van der Waals surface area contributed by atoms with Gasteiger partial charge in [0.05, 0.1) is 17.9 Å². The highest BCUT2D eigenvalue weighted by atomic mass is 35.5. The van der Waals surface area contributed by atoms with Gasteiger partial charge in [0.15, 0.2) is 16.6 Å². The number of hydrogen-bond donors (Lipinski definition) is 1. The van der Waals surface area contributed by atoms with E-state index in [9.17, 15) is 5.26 Å². The van der Waals surface area contributed by atoms with Crippen LogP contribution in [-0.4, -0.2) is 31.6 Å². The van der Waals surface area contributed by atoms with Crippen molar-refractivity contribution in [3.63, 3.8) is 0 Å². The van der Waals surface area contributed by atoms with Crippen LogP contribution in [0.5, 0.6) is 0 Å². The third-order valence-corrected chi connectivity index (χ3v) is 5.12. The summed E-state index contributed by atoms with van der Waals surface area (Å²) in [4.78, 5) is 14.4. The Balaban J connectivity index is 1.89. The largest absolute Gasteiger partial charge is 0.382 e. The van der Waals surface area contributed by atoms with Gasteiger partial charge in [-0.1, -0.05) is 41.9 Å². The van der Waals surface area contributed by atoms with Crippen LogP contribution in [0.1, 0.15) is 24.1 Å². The average molecular weight is 405 g/mol. The Hall–Kier alpha value is -3.70. The molecule has 0 fully saturated rings. The van der Waals surface area contributed by atoms with Gasteiger partial charge in [-0.05, 0) is 13.0 Å². The van der Waals surface area contributed by atoms with Gasteiger partial charge in [0.2, 0.25) is 0 Å². The van der Waals surface area contributed by atoms with Gasteiger partial charge in [-0.15, -0.1) is 0 Å². The number of nitrogen functional groups attached to an aromatic ring is 1. The maximum absolute atomic E-state index is 9.50. The predicted molar refractivity (Wildman–Crippen MR) is 111 cm³/mol. The molecule has 4 aromatic rings. The van der Waals surface area contributed by atoms with Crippen LogP contribution >= 0.6 is 11.6 Å². The lowest BCUT2D eigenvalue weighted by molar-refractivity contribution is 0.719. The molecule has 4 rings (SSSR count). The van der Waals surface area contributed by atoms with E-state index >= 15 is 0 Å². The first-order valence-electron chi connectivity index (χ1n) is 8.84. The Morgan fingerprint density at radius 3 is 2.69 bits per heavy atom. The molecule has 0 aliphatic heterocycles. The first-order chi connectivity index (χ1) is 14.0. The lowest BCUT2D eigenvalue weighted by Crippen LogP contribution is -2.25. The minimum absolute atomic E-state index is 0.147. The molecule has 1 atom stereocenters. The molecule has 8 nitrogen and oxygen atoms in total. The number of aromatic nitrogens is 5. The summed E-state index contributed by atoms with van der Waals surface area (Å²) >= 11 is 6.24. The fraction of sp³-hybridized carbons (Fsp3) is 0.150. The van der Waals surface area contributed by atoms with Crippen LogP contribution in [0.25, 0.3) is 16.9 Å². The molecule has 0 spiro atoms. The molecule has 3 heterocycles. The lowest BCUT2D eigenvalue weighted by Gasteiger charge is -2.28. The molecule has 0 aliphatic rings. The van der Waals surface area contributed by atoms with E-state index in [0.29, 0.717) is 16.6 Å². The Kier molecular flexibility index (Phi) is 4.74. The molecular formula is C20H17ClN8. The molecule has 3 aromatic heterocycles. The van der Waals surface area contributed by atoms with E-state index in [1.165, 1.54) is 6.33 Å². The van der Waals surface area contributed by atoms with E-state index in [4.69, 9.17) is 22.4 Å². The summed E-state index contributed by atoms with van der Waals surface area (Å²) < 4.78 is 1.60. The Bertz CT molecular complexity index is 1230. The molecule has 144 valence electrons. The zero-order valence-electron chi connectivity index (χ0n) is 15.8. The number of nitrogens with two attached hydrogens (primary N) is 1. The molecule has 1 aromatic carbocycles. The number of anilines is 2. The van der Waals surface area contributed by atoms with Crippen molar-refractivity contribution in [2.24, 2.45) is 0 Å². The molecule has 0 aliphatic carbocycles. The molecule has 0 bridgehead atoms. The standard InChI is InChI=1S/C20H17ClN8/c1-12(28(2)20-15(9-22)19(23)25-11-26-20)14-8-17-24-10-16(21)29(17)27-18(14)13-6-4-3-5-7-13/h3-8,10-12H,1-2H3,(H2,23,25,26). The minimum atomic E-state index is -0.195. The van der Waals surface area contributed by atoms with Gasteiger partial charge in [0.25, 0.3) is 0 Å². The quantitative estimate of drug-likeness (QED) is 0.554. The van der Waals surface area contributed by atoms with Crippen LogP contribution in [0, 0.1) is 11.3 Å². The van der Waals surface area contributed by atoms with Crippen molar-refractivity contribution in [3.8, 4) is 17.3 Å². The number of nitrogens with zero attached hydrogens (tertiary/aromatic N) is 7. The second-order valence-corrected chi connectivity index (χ2v) is 6.91. The summed E-state index contributed by atoms with van der Waals surface area (Å²) in [7, 11) is 1.85. The molecule has 0 saturated heterocycles. The van der Waals surface area contributed by atoms with Gasteiger partial charge in [-0.2, -0.15) is 10.4 Å². The second-order valence-electron chi connectivity index (χ2n) is 6.52. The molecule has 0 radical (unpaired) electrons. The van der Waals surface area contributed by atoms with Gasteiger partial charge >= 0.3 is 0 Å². The van der Waals surface area contributed by atoms with E-state index < -0.39 is 0 Å². The van der Waals surface area contributed by atoms with E-state index in [1.54, 1.807) is 10.7 Å². The van der Waals surface area contributed by atoms with Crippen LogP contribution in [-0.2, 0) is 0 Å². The van der Waals surface area contributed by atoms with E-state index in [2.05, 4.69) is 21.0 Å². The topological polar surface area (TPSA) is 109 Å². The summed E-state index contributed by atoms with van der Waals surface area (Å²) in [5, 5.41) is 14.7. The number of fused-ring (bicyclic) bond motifs is 1. The molecular weight excluding hydrogens is 388 g/mol. The number of imidazole rings is 1. The maximum atomic E-state index is 9.50. The maximum Gasteiger partial charge on any atom is 0.155 e. The van der Waals surface area contributed by atoms with Crippen molar-refractivity contribution in [3.05, 3.63) is 65.2 Å². The Morgan fingerprint density at radius 2 is 1.97 bits per heavy atom. The minimum Gasteiger partial charge on any atom is -0.382 e. The highest BCUT2D eigenvalue weighted by molar-refractivity contribution is 6.29. The predicted octanol–water partition coefficient (Wildman–Crippen LogP) is 3.49. The van der Waals surface area contributed by atoms with Crippen molar-refractivity contribution in [1.82, 2.24) is 24.6 Å². The third-order valence-electron chi connectivity index (χ3n) is 4.86. The number of halogens is 1. The smallest absolute Gasteiger partial charge is 0.155 e. The van der Waals surface area contributed by atoms with Gasteiger partial charge in [0, 0.05) is 18.2 Å². The summed E-state index contributed by atoms with van der Waals surface area (Å²) in [5.41, 5.74) is 9.35. The molecule has 0 amide bonds. The zero-order valence-corrected chi connectivity index (χ0v) is 16.5. The highest BCUT2D eigenvalue weighted by Gasteiger charge is 2.23. The molecule has 29 heavy (non-hydrogen) atoms.